The van der Waals surface area contributed by atoms with Crippen LogP contribution in [0.3, 0.4) is 0 Å². The van der Waals surface area contributed by atoms with Crippen molar-refractivity contribution < 1.29 is 9.21 Å². The maximum atomic E-state index is 11.3. The van der Waals surface area contributed by atoms with Crippen molar-refractivity contribution in [3.05, 3.63) is 65.4 Å². The zero-order valence-corrected chi connectivity index (χ0v) is 16.4. The number of hydrogen-bond acceptors (Lipinski definition) is 5. The average Bonchev–Trinajstić information content (AvgIpc) is 3.31. The Morgan fingerprint density at radius 3 is 2.82 bits per heavy atom. The van der Waals surface area contributed by atoms with E-state index in [2.05, 4.69) is 51.1 Å². The van der Waals surface area contributed by atoms with Crippen molar-refractivity contribution in [2.45, 2.75) is 45.7 Å². The molecule has 0 unspecified atom stereocenters. The first-order valence-corrected chi connectivity index (χ1v) is 9.59. The van der Waals surface area contributed by atoms with Gasteiger partial charge in [0, 0.05) is 43.7 Å². The highest BCUT2D eigenvalue weighted by Gasteiger charge is 2.31. The van der Waals surface area contributed by atoms with Gasteiger partial charge in [0.2, 0.25) is 5.91 Å². The van der Waals surface area contributed by atoms with E-state index in [1.165, 1.54) is 12.6 Å². The Kier molecular flexibility index (Phi) is 5.00. The number of oxazole rings is 1. The van der Waals surface area contributed by atoms with Crippen molar-refractivity contribution in [1.82, 2.24) is 19.9 Å². The van der Waals surface area contributed by atoms with Crippen LogP contribution in [0.2, 0.25) is 0 Å². The molecule has 1 atom stereocenters. The van der Waals surface area contributed by atoms with Crippen LogP contribution in [0.4, 0.5) is 5.69 Å². The molecule has 1 aromatic carbocycles. The summed E-state index contributed by atoms with van der Waals surface area (Å²) in [5.41, 5.74) is 5.08. The van der Waals surface area contributed by atoms with E-state index in [4.69, 9.17) is 4.42 Å². The SMILES string of the molecule is CC(=O)Nc1ccc([C@H]2c3nc[nH]c3CCN2Cc2coc(C(C)C)n2)cc1. The summed E-state index contributed by atoms with van der Waals surface area (Å²) in [5, 5.41) is 2.82. The molecular formula is C21H25N5O2. The van der Waals surface area contributed by atoms with Crippen LogP contribution in [0.25, 0.3) is 0 Å². The van der Waals surface area contributed by atoms with Gasteiger partial charge in [0.25, 0.3) is 0 Å². The molecule has 1 amide bonds. The summed E-state index contributed by atoms with van der Waals surface area (Å²) in [5.74, 6) is 0.961. The second kappa shape index (κ2) is 7.59. The Morgan fingerprint density at radius 2 is 2.14 bits per heavy atom. The minimum absolute atomic E-state index is 0.0283. The predicted octanol–water partition coefficient (Wildman–Crippen LogP) is 3.63. The molecule has 0 saturated heterocycles. The van der Waals surface area contributed by atoms with Gasteiger partial charge in [-0.1, -0.05) is 26.0 Å². The Balaban J connectivity index is 1.63. The van der Waals surface area contributed by atoms with E-state index in [1.54, 1.807) is 12.6 Å². The molecule has 1 aliphatic rings. The van der Waals surface area contributed by atoms with Crippen molar-refractivity contribution in [3.63, 3.8) is 0 Å². The van der Waals surface area contributed by atoms with Gasteiger partial charge in [-0.3, -0.25) is 9.69 Å². The van der Waals surface area contributed by atoms with Gasteiger partial charge in [0.15, 0.2) is 5.89 Å². The first-order chi connectivity index (χ1) is 13.5. The Morgan fingerprint density at radius 1 is 1.36 bits per heavy atom. The molecule has 0 saturated carbocycles. The van der Waals surface area contributed by atoms with Gasteiger partial charge in [-0.25, -0.2) is 9.97 Å². The van der Waals surface area contributed by atoms with E-state index in [0.29, 0.717) is 6.54 Å². The molecule has 7 nitrogen and oxygen atoms in total. The topological polar surface area (TPSA) is 87.0 Å². The molecule has 0 fully saturated rings. The summed E-state index contributed by atoms with van der Waals surface area (Å²) in [6, 6.07) is 8.00. The summed E-state index contributed by atoms with van der Waals surface area (Å²) >= 11 is 0. The fraction of sp³-hybridized carbons (Fsp3) is 0.381. The molecule has 2 aromatic heterocycles. The maximum Gasteiger partial charge on any atom is 0.221 e. The van der Waals surface area contributed by atoms with Crippen LogP contribution < -0.4 is 5.32 Å². The number of anilines is 1. The smallest absolute Gasteiger partial charge is 0.221 e. The van der Waals surface area contributed by atoms with Crippen LogP contribution >= 0.6 is 0 Å². The zero-order chi connectivity index (χ0) is 19.7. The lowest BCUT2D eigenvalue weighted by molar-refractivity contribution is -0.114. The number of aromatic amines is 1. The fourth-order valence-corrected chi connectivity index (χ4v) is 3.68. The fourth-order valence-electron chi connectivity index (χ4n) is 3.68. The Hall–Kier alpha value is -2.93. The van der Waals surface area contributed by atoms with Gasteiger partial charge in [0.05, 0.1) is 23.8 Å². The lowest BCUT2D eigenvalue weighted by atomic mass is 9.95. The Labute approximate surface area is 164 Å². The highest BCUT2D eigenvalue weighted by atomic mass is 16.3. The summed E-state index contributed by atoms with van der Waals surface area (Å²) < 4.78 is 5.62. The monoisotopic (exact) mass is 379 g/mol. The van der Waals surface area contributed by atoms with Crippen molar-refractivity contribution in [2.75, 3.05) is 11.9 Å². The normalized spacial score (nSPS) is 16.9. The van der Waals surface area contributed by atoms with E-state index in [0.717, 1.165) is 41.5 Å². The second-order valence-corrected chi connectivity index (χ2v) is 7.52. The van der Waals surface area contributed by atoms with Crippen LogP contribution in [0.15, 0.2) is 41.3 Å². The number of nitrogens with zero attached hydrogens (tertiary/aromatic N) is 3. The number of carbonyl (C=O) groups is 1. The molecule has 0 radical (unpaired) electrons. The third kappa shape index (κ3) is 3.71. The standard InChI is InChI=1S/C21H25N5O2/c1-13(2)21-25-17(11-28-21)10-26-9-8-18-19(23-12-22-18)20(26)15-4-6-16(7-5-15)24-14(3)27/h4-7,11-13,20H,8-10H2,1-3H3,(H,22,23)(H,24,27)/t20-/m0/s1. The van der Waals surface area contributed by atoms with E-state index in [1.807, 2.05) is 12.1 Å². The van der Waals surface area contributed by atoms with Crippen LogP contribution in [0.5, 0.6) is 0 Å². The van der Waals surface area contributed by atoms with Crippen molar-refractivity contribution >= 4 is 11.6 Å². The zero-order valence-electron chi connectivity index (χ0n) is 16.4. The number of amides is 1. The van der Waals surface area contributed by atoms with E-state index in [9.17, 15) is 4.79 Å². The molecule has 0 spiro atoms. The van der Waals surface area contributed by atoms with Gasteiger partial charge in [0.1, 0.15) is 6.26 Å². The quantitative estimate of drug-likeness (QED) is 0.707. The van der Waals surface area contributed by atoms with Gasteiger partial charge in [-0.05, 0) is 17.7 Å². The number of fused-ring (bicyclic) bond motifs is 1. The molecule has 146 valence electrons. The molecule has 1 aliphatic heterocycles. The maximum absolute atomic E-state index is 11.3. The summed E-state index contributed by atoms with van der Waals surface area (Å²) in [6.07, 6.45) is 4.44. The third-order valence-corrected chi connectivity index (χ3v) is 5.00. The lowest BCUT2D eigenvalue weighted by Gasteiger charge is -2.34. The molecule has 7 heteroatoms. The number of hydrogen-bond donors (Lipinski definition) is 2. The molecule has 0 bridgehead atoms. The number of imidazole rings is 1. The third-order valence-electron chi connectivity index (χ3n) is 5.00. The second-order valence-electron chi connectivity index (χ2n) is 7.52. The Bertz CT molecular complexity index is 957. The minimum atomic E-state index is -0.0754. The number of rotatable bonds is 5. The molecule has 3 aromatic rings. The van der Waals surface area contributed by atoms with Crippen molar-refractivity contribution in [1.29, 1.82) is 0 Å². The van der Waals surface area contributed by atoms with Gasteiger partial charge >= 0.3 is 0 Å². The predicted molar refractivity (Wildman–Crippen MR) is 106 cm³/mol. The van der Waals surface area contributed by atoms with Crippen LogP contribution in [0, 0.1) is 0 Å². The van der Waals surface area contributed by atoms with Gasteiger partial charge < -0.3 is 14.7 Å². The van der Waals surface area contributed by atoms with E-state index < -0.39 is 0 Å². The molecule has 3 heterocycles. The highest BCUT2D eigenvalue weighted by molar-refractivity contribution is 5.88. The van der Waals surface area contributed by atoms with Crippen LogP contribution in [-0.4, -0.2) is 32.3 Å². The first kappa shape index (κ1) is 18.4. The van der Waals surface area contributed by atoms with E-state index in [-0.39, 0.29) is 17.9 Å². The number of aromatic nitrogens is 3. The summed E-state index contributed by atoms with van der Waals surface area (Å²) in [6.45, 7) is 7.26. The first-order valence-electron chi connectivity index (χ1n) is 9.59. The molecule has 0 aliphatic carbocycles. The largest absolute Gasteiger partial charge is 0.448 e. The van der Waals surface area contributed by atoms with E-state index >= 15 is 0 Å². The highest BCUT2D eigenvalue weighted by Crippen LogP contribution is 2.35. The molecule has 2 N–H and O–H groups in total. The summed E-state index contributed by atoms with van der Waals surface area (Å²) in [4.78, 5) is 26.2. The summed E-state index contributed by atoms with van der Waals surface area (Å²) in [7, 11) is 0. The van der Waals surface area contributed by atoms with Crippen molar-refractivity contribution in [3.8, 4) is 0 Å². The number of H-pyrrole nitrogens is 1. The molecular weight excluding hydrogens is 354 g/mol. The lowest BCUT2D eigenvalue weighted by Crippen LogP contribution is -2.36. The molecule has 4 rings (SSSR count). The van der Waals surface area contributed by atoms with Crippen molar-refractivity contribution in [2.24, 2.45) is 0 Å². The average molecular weight is 379 g/mol. The van der Waals surface area contributed by atoms with Gasteiger partial charge in [-0.15, -0.1) is 0 Å². The minimum Gasteiger partial charge on any atom is -0.448 e. The number of benzene rings is 1. The number of carbonyl (C=O) groups excluding carboxylic acids is 1. The van der Waals surface area contributed by atoms with Crippen LogP contribution in [-0.2, 0) is 17.8 Å². The van der Waals surface area contributed by atoms with Gasteiger partial charge in [-0.2, -0.15) is 0 Å². The number of nitrogens with one attached hydrogen (secondary N) is 2. The molecule has 28 heavy (non-hydrogen) atoms. The van der Waals surface area contributed by atoms with Crippen LogP contribution in [0.1, 0.15) is 61.3 Å².